The number of halogens is 2. The largest absolute Gasteiger partial charge is 0.377 e. The van der Waals surface area contributed by atoms with Crippen molar-refractivity contribution in [3.05, 3.63) is 69.2 Å². The van der Waals surface area contributed by atoms with Crippen LogP contribution in [0.2, 0.25) is 10.0 Å². The number of carbonyl (C=O) groups excluding carboxylic acids is 2. The maximum absolute atomic E-state index is 12.7. The van der Waals surface area contributed by atoms with E-state index in [0.717, 1.165) is 16.9 Å². The van der Waals surface area contributed by atoms with E-state index >= 15 is 0 Å². The van der Waals surface area contributed by atoms with Crippen LogP contribution < -0.4 is 10.6 Å². The number of carbonyl (C=O) groups is 2. The minimum atomic E-state index is -0.658. The van der Waals surface area contributed by atoms with Crippen LogP contribution in [-0.4, -0.2) is 36.5 Å². The highest BCUT2D eigenvalue weighted by molar-refractivity contribution is 7.98. The van der Waals surface area contributed by atoms with Crippen molar-refractivity contribution in [3.8, 4) is 0 Å². The second-order valence-corrected chi connectivity index (χ2v) is 8.43. The fourth-order valence-corrected chi connectivity index (χ4v) is 3.67. The lowest BCUT2D eigenvalue weighted by atomic mass is 10.1. The second-order valence-electron chi connectivity index (χ2n) is 6.60. The van der Waals surface area contributed by atoms with E-state index in [1.165, 1.54) is 6.07 Å². The van der Waals surface area contributed by atoms with E-state index in [-0.39, 0.29) is 16.5 Å². The molecule has 2 aromatic rings. The van der Waals surface area contributed by atoms with Crippen molar-refractivity contribution in [3.63, 3.8) is 0 Å². The molecule has 0 aromatic heterocycles. The van der Waals surface area contributed by atoms with E-state index in [1.807, 2.05) is 37.4 Å². The molecule has 2 rings (SSSR count). The number of thioether (sulfide) groups is 1. The SMILES string of the molecule is CCOCc1ccc(CNC(=O)C(CCSC)NC(=O)c2ccc(Cl)cc2Cl)cc1. The fraction of sp³-hybridized carbons (Fsp3) is 0.364. The van der Waals surface area contributed by atoms with Gasteiger partial charge in [-0.3, -0.25) is 9.59 Å². The predicted molar refractivity (Wildman–Crippen MR) is 124 cm³/mol. The van der Waals surface area contributed by atoms with Gasteiger partial charge in [0.05, 0.1) is 17.2 Å². The first-order chi connectivity index (χ1) is 14.4. The first-order valence-corrected chi connectivity index (χ1v) is 11.8. The van der Waals surface area contributed by atoms with Crippen molar-refractivity contribution in [1.29, 1.82) is 0 Å². The first kappa shape index (κ1) is 24.5. The molecule has 0 aliphatic carbocycles. The zero-order valence-electron chi connectivity index (χ0n) is 17.0. The van der Waals surface area contributed by atoms with E-state index in [0.29, 0.717) is 31.2 Å². The summed E-state index contributed by atoms with van der Waals surface area (Å²) >= 11 is 13.6. The standard InChI is InChI=1S/C22H26Cl2N2O3S/c1-3-29-14-16-6-4-15(5-7-16)13-25-22(28)20(10-11-30-2)26-21(27)18-9-8-17(23)12-19(18)24/h4-9,12,20H,3,10-11,13-14H2,1-2H3,(H,25,28)(H,26,27). The Bertz CT molecular complexity index is 847. The van der Waals surface area contributed by atoms with Gasteiger partial charge in [-0.15, -0.1) is 0 Å². The molecule has 0 fully saturated rings. The minimum absolute atomic E-state index is 0.235. The molecular formula is C22H26Cl2N2O3S. The molecule has 0 aliphatic rings. The van der Waals surface area contributed by atoms with Gasteiger partial charge in [0.15, 0.2) is 0 Å². The third-order valence-corrected chi connectivity index (χ3v) is 5.56. The van der Waals surface area contributed by atoms with Crippen molar-refractivity contribution in [2.45, 2.75) is 32.5 Å². The lowest BCUT2D eigenvalue weighted by Crippen LogP contribution is -2.47. The van der Waals surface area contributed by atoms with E-state index in [4.69, 9.17) is 27.9 Å². The molecule has 0 saturated carbocycles. The number of amides is 2. The van der Waals surface area contributed by atoms with Gasteiger partial charge >= 0.3 is 0 Å². The molecule has 0 saturated heterocycles. The van der Waals surface area contributed by atoms with Gasteiger partial charge in [0.1, 0.15) is 6.04 Å². The topological polar surface area (TPSA) is 67.4 Å². The molecule has 5 nitrogen and oxygen atoms in total. The number of nitrogens with one attached hydrogen (secondary N) is 2. The van der Waals surface area contributed by atoms with Gasteiger partial charge in [0.25, 0.3) is 5.91 Å². The number of hydrogen-bond donors (Lipinski definition) is 2. The average molecular weight is 469 g/mol. The molecular weight excluding hydrogens is 443 g/mol. The lowest BCUT2D eigenvalue weighted by Gasteiger charge is -2.19. The summed E-state index contributed by atoms with van der Waals surface area (Å²) in [4.78, 5) is 25.3. The number of rotatable bonds is 11. The van der Waals surface area contributed by atoms with Crippen LogP contribution >= 0.6 is 35.0 Å². The second kappa shape index (κ2) is 12.8. The highest BCUT2D eigenvalue weighted by Gasteiger charge is 2.22. The maximum Gasteiger partial charge on any atom is 0.253 e. The van der Waals surface area contributed by atoms with Crippen molar-refractivity contribution in [2.24, 2.45) is 0 Å². The maximum atomic E-state index is 12.7. The number of hydrogen-bond acceptors (Lipinski definition) is 4. The molecule has 8 heteroatoms. The Morgan fingerprint density at radius 2 is 1.80 bits per heavy atom. The molecule has 0 aliphatic heterocycles. The highest BCUT2D eigenvalue weighted by atomic mass is 35.5. The molecule has 2 N–H and O–H groups in total. The molecule has 0 bridgehead atoms. The molecule has 30 heavy (non-hydrogen) atoms. The van der Waals surface area contributed by atoms with Crippen molar-refractivity contribution >= 4 is 46.8 Å². The Hall–Kier alpha value is -1.73. The summed E-state index contributed by atoms with van der Waals surface area (Å²) < 4.78 is 5.39. The molecule has 1 unspecified atom stereocenters. The van der Waals surface area contributed by atoms with Crippen LogP contribution in [0.1, 0.15) is 34.8 Å². The Labute approximate surface area is 191 Å². The Kier molecular flexibility index (Phi) is 10.5. The lowest BCUT2D eigenvalue weighted by molar-refractivity contribution is -0.123. The minimum Gasteiger partial charge on any atom is -0.377 e. The first-order valence-electron chi connectivity index (χ1n) is 9.62. The average Bonchev–Trinajstić information content (AvgIpc) is 2.74. The quantitative estimate of drug-likeness (QED) is 0.501. The van der Waals surface area contributed by atoms with Crippen molar-refractivity contribution < 1.29 is 14.3 Å². The van der Waals surface area contributed by atoms with Gasteiger partial charge in [0, 0.05) is 18.2 Å². The van der Waals surface area contributed by atoms with Gasteiger partial charge in [-0.1, -0.05) is 47.5 Å². The summed E-state index contributed by atoms with van der Waals surface area (Å²) in [5.41, 5.74) is 2.34. The number of ether oxygens (including phenoxy) is 1. The van der Waals surface area contributed by atoms with Gasteiger partial charge in [0.2, 0.25) is 5.91 Å². The normalized spacial score (nSPS) is 11.7. The van der Waals surface area contributed by atoms with Crippen LogP contribution in [-0.2, 0) is 22.7 Å². The zero-order chi connectivity index (χ0) is 21.9. The van der Waals surface area contributed by atoms with Crippen LogP contribution in [0.15, 0.2) is 42.5 Å². The van der Waals surface area contributed by atoms with Gasteiger partial charge in [-0.2, -0.15) is 11.8 Å². The fourth-order valence-electron chi connectivity index (χ4n) is 2.70. The monoisotopic (exact) mass is 468 g/mol. The molecule has 2 amide bonds. The summed E-state index contributed by atoms with van der Waals surface area (Å²) in [6.07, 6.45) is 2.47. The Morgan fingerprint density at radius 3 is 2.43 bits per heavy atom. The summed E-state index contributed by atoms with van der Waals surface area (Å²) in [7, 11) is 0. The molecule has 0 heterocycles. The molecule has 1 atom stereocenters. The molecule has 162 valence electrons. The molecule has 2 aromatic carbocycles. The van der Waals surface area contributed by atoms with Crippen molar-refractivity contribution in [2.75, 3.05) is 18.6 Å². The van der Waals surface area contributed by atoms with Gasteiger partial charge in [-0.05, 0) is 54.7 Å². The van der Waals surface area contributed by atoms with E-state index in [9.17, 15) is 9.59 Å². The summed E-state index contributed by atoms with van der Waals surface area (Å²) in [5.74, 6) is 0.0952. The Morgan fingerprint density at radius 1 is 1.10 bits per heavy atom. The summed E-state index contributed by atoms with van der Waals surface area (Å²) in [5, 5.41) is 6.38. The van der Waals surface area contributed by atoms with E-state index in [1.54, 1.807) is 23.9 Å². The van der Waals surface area contributed by atoms with E-state index in [2.05, 4.69) is 10.6 Å². The predicted octanol–water partition coefficient (Wildman–Crippen LogP) is 4.70. The highest BCUT2D eigenvalue weighted by Crippen LogP contribution is 2.21. The number of benzene rings is 2. The van der Waals surface area contributed by atoms with Gasteiger partial charge < -0.3 is 15.4 Å². The van der Waals surface area contributed by atoms with Crippen LogP contribution in [0.25, 0.3) is 0 Å². The zero-order valence-corrected chi connectivity index (χ0v) is 19.4. The molecule has 0 spiro atoms. The third kappa shape index (κ3) is 7.84. The van der Waals surface area contributed by atoms with Crippen LogP contribution in [0.3, 0.4) is 0 Å². The van der Waals surface area contributed by atoms with Gasteiger partial charge in [-0.25, -0.2) is 0 Å². The van der Waals surface area contributed by atoms with Crippen LogP contribution in [0.4, 0.5) is 0 Å². The van der Waals surface area contributed by atoms with Crippen LogP contribution in [0, 0.1) is 0 Å². The Balaban J connectivity index is 1.97. The van der Waals surface area contributed by atoms with Crippen molar-refractivity contribution in [1.82, 2.24) is 10.6 Å². The summed E-state index contributed by atoms with van der Waals surface area (Å²) in [6.45, 7) is 3.57. The van der Waals surface area contributed by atoms with E-state index < -0.39 is 11.9 Å². The van der Waals surface area contributed by atoms with Crippen LogP contribution in [0.5, 0.6) is 0 Å². The smallest absolute Gasteiger partial charge is 0.253 e. The molecule has 0 radical (unpaired) electrons. The third-order valence-electron chi connectivity index (χ3n) is 4.37. The summed E-state index contributed by atoms with van der Waals surface area (Å²) in [6, 6.07) is 11.9.